The van der Waals surface area contributed by atoms with Gasteiger partial charge in [0.2, 0.25) is 0 Å². The molecule has 0 aliphatic carbocycles. The Morgan fingerprint density at radius 2 is 1.78 bits per heavy atom. The fourth-order valence-electron chi connectivity index (χ4n) is 3.06. The number of hydrogen-bond donors (Lipinski definition) is 1. The van der Waals surface area contributed by atoms with Gasteiger partial charge in [0.05, 0.1) is 7.11 Å². The lowest BCUT2D eigenvalue weighted by Crippen LogP contribution is -2.32. The fourth-order valence-corrected chi connectivity index (χ4v) is 3.06. The summed E-state index contributed by atoms with van der Waals surface area (Å²) in [6, 6.07) is 7.18. The first-order valence-corrected chi connectivity index (χ1v) is 10.0. The van der Waals surface area contributed by atoms with Gasteiger partial charge < -0.3 is 19.9 Å². The van der Waals surface area contributed by atoms with E-state index < -0.39 is 0 Å². The Labute approximate surface area is 164 Å². The van der Waals surface area contributed by atoms with Gasteiger partial charge in [-0.25, -0.2) is 0 Å². The van der Waals surface area contributed by atoms with Crippen LogP contribution in [0.15, 0.2) is 29.3 Å². The molecule has 1 N–H and O–H groups in total. The van der Waals surface area contributed by atoms with Crippen LogP contribution in [0.5, 0.6) is 5.75 Å². The predicted octanol–water partition coefficient (Wildman–Crippen LogP) is 3.24. The molecule has 1 aliphatic rings. The lowest BCUT2D eigenvalue weighted by Gasteiger charge is -2.19. The highest BCUT2D eigenvalue weighted by Crippen LogP contribution is 2.11. The number of ether oxygens (including phenoxy) is 1. The molecule has 1 amide bonds. The zero-order valence-corrected chi connectivity index (χ0v) is 17.6. The van der Waals surface area contributed by atoms with Crippen molar-refractivity contribution >= 4 is 11.9 Å². The normalized spacial score (nSPS) is 14.8. The van der Waals surface area contributed by atoms with Crippen LogP contribution in [0.4, 0.5) is 0 Å². The van der Waals surface area contributed by atoms with Gasteiger partial charge in [0.15, 0.2) is 5.96 Å². The Morgan fingerprint density at radius 1 is 1.11 bits per heavy atom. The van der Waals surface area contributed by atoms with E-state index in [4.69, 9.17) is 4.74 Å². The Bertz CT molecular complexity index is 572. The van der Waals surface area contributed by atoms with E-state index in [9.17, 15) is 4.79 Å². The van der Waals surface area contributed by atoms with Crippen LogP contribution in [-0.2, 0) is 0 Å². The molecule has 1 saturated heterocycles. The molecule has 0 spiro atoms. The molecule has 152 valence electrons. The van der Waals surface area contributed by atoms with Crippen molar-refractivity contribution in [2.24, 2.45) is 4.99 Å². The largest absolute Gasteiger partial charge is 0.497 e. The molecule has 1 aliphatic heterocycles. The summed E-state index contributed by atoms with van der Waals surface area (Å²) < 4.78 is 5.10. The van der Waals surface area contributed by atoms with Crippen molar-refractivity contribution in [3.05, 3.63) is 29.8 Å². The number of nitrogens with zero attached hydrogens (tertiary/aromatic N) is 3. The van der Waals surface area contributed by atoms with E-state index in [1.165, 1.54) is 12.8 Å². The maximum Gasteiger partial charge on any atom is 0.251 e. The van der Waals surface area contributed by atoms with Gasteiger partial charge >= 0.3 is 0 Å². The molecule has 6 heteroatoms. The highest BCUT2D eigenvalue weighted by Gasteiger charge is 2.21. The van der Waals surface area contributed by atoms with Crippen molar-refractivity contribution in [3.8, 4) is 5.75 Å². The minimum Gasteiger partial charge on any atom is -0.497 e. The second-order valence-corrected chi connectivity index (χ2v) is 6.33. The van der Waals surface area contributed by atoms with Gasteiger partial charge in [-0.05, 0) is 37.1 Å². The van der Waals surface area contributed by atoms with Gasteiger partial charge in [-0.3, -0.25) is 9.79 Å². The number of rotatable bonds is 9. The van der Waals surface area contributed by atoms with Gasteiger partial charge in [0.1, 0.15) is 5.75 Å². The van der Waals surface area contributed by atoms with Crippen molar-refractivity contribution in [1.29, 1.82) is 0 Å². The zero-order chi connectivity index (χ0) is 20.1. The number of carbonyl (C=O) groups is 1. The van der Waals surface area contributed by atoms with E-state index in [-0.39, 0.29) is 5.91 Å². The first kappa shape index (κ1) is 22.8. The lowest BCUT2D eigenvalue weighted by molar-refractivity contribution is 0.0953. The smallest absolute Gasteiger partial charge is 0.251 e. The molecule has 0 aromatic heterocycles. The van der Waals surface area contributed by atoms with E-state index in [1.807, 2.05) is 20.9 Å². The number of likely N-dealkylation sites (N-methyl/N-ethyl adjacent to an activating group) is 1. The number of methoxy groups -OCH3 is 1. The van der Waals surface area contributed by atoms with Crippen LogP contribution in [-0.4, -0.2) is 69.1 Å². The van der Waals surface area contributed by atoms with E-state index >= 15 is 0 Å². The van der Waals surface area contributed by atoms with E-state index in [0.29, 0.717) is 5.56 Å². The Kier molecular flexibility index (Phi) is 11.0. The number of amides is 1. The summed E-state index contributed by atoms with van der Waals surface area (Å²) in [5, 5.41) is 2.97. The van der Waals surface area contributed by atoms with E-state index in [1.54, 1.807) is 31.4 Å². The molecule has 0 atom stereocenters. The molecule has 27 heavy (non-hydrogen) atoms. The van der Waals surface area contributed by atoms with Crippen LogP contribution >= 0.6 is 0 Å². The highest BCUT2D eigenvalue weighted by atomic mass is 16.5. The van der Waals surface area contributed by atoms with Crippen molar-refractivity contribution in [2.45, 2.75) is 39.5 Å². The van der Waals surface area contributed by atoms with Crippen LogP contribution < -0.4 is 10.1 Å². The molecule has 0 radical (unpaired) electrons. The average Bonchev–Trinajstić information content (AvgIpc) is 3.08. The van der Waals surface area contributed by atoms with Crippen molar-refractivity contribution in [2.75, 3.05) is 47.4 Å². The molecule has 1 aromatic carbocycles. The quantitative estimate of drug-likeness (QED) is 0.672. The third kappa shape index (κ3) is 7.49. The molecule has 0 saturated carbocycles. The topological polar surface area (TPSA) is 57.2 Å². The first-order valence-electron chi connectivity index (χ1n) is 10.0. The summed E-state index contributed by atoms with van der Waals surface area (Å²) in [7, 11) is 5.57. The van der Waals surface area contributed by atoms with Gasteiger partial charge in [-0.1, -0.05) is 26.7 Å². The number of nitrogens with one attached hydrogen (secondary N) is 1. The van der Waals surface area contributed by atoms with Gasteiger partial charge in [0.25, 0.3) is 5.91 Å². The number of aliphatic imine (C=N–C) groups is 1. The van der Waals surface area contributed by atoms with Crippen molar-refractivity contribution in [1.82, 2.24) is 15.1 Å². The highest BCUT2D eigenvalue weighted by molar-refractivity contribution is 5.94. The lowest BCUT2D eigenvalue weighted by atomic mass is 10.1. The molecule has 6 nitrogen and oxygen atoms in total. The summed E-state index contributed by atoms with van der Waals surface area (Å²) >= 11 is 0. The third-order valence-corrected chi connectivity index (χ3v) is 4.52. The minimum atomic E-state index is -0.0217. The molecular weight excluding hydrogens is 340 g/mol. The third-order valence-electron chi connectivity index (χ3n) is 4.52. The van der Waals surface area contributed by atoms with Gasteiger partial charge in [-0.15, -0.1) is 0 Å². The summed E-state index contributed by atoms with van der Waals surface area (Å²) in [6.07, 6.45) is 4.48. The molecular formula is C21H36N4O2. The molecule has 2 rings (SSSR count). The summed E-state index contributed by atoms with van der Waals surface area (Å²) in [5.74, 6) is 1.84. The molecule has 1 aromatic rings. The molecule has 1 heterocycles. The van der Waals surface area contributed by atoms with Gasteiger partial charge in [-0.2, -0.15) is 0 Å². The predicted molar refractivity (Wildman–Crippen MR) is 113 cm³/mol. The van der Waals surface area contributed by atoms with Crippen molar-refractivity contribution < 1.29 is 9.53 Å². The molecule has 0 bridgehead atoms. The number of guanidine groups is 1. The number of carbonyl (C=O) groups excluding carboxylic acids is 1. The number of benzene rings is 1. The SMILES string of the molecule is CC.CN=C1N(C)CCN1CCCCCCNC(=O)c1ccc(OC)cc1. The summed E-state index contributed by atoms with van der Waals surface area (Å²) in [5.41, 5.74) is 0.672. The fraction of sp³-hybridized carbons (Fsp3) is 0.619. The number of hydrogen-bond acceptors (Lipinski definition) is 3. The second-order valence-electron chi connectivity index (χ2n) is 6.33. The summed E-state index contributed by atoms with van der Waals surface area (Å²) in [4.78, 5) is 20.9. The molecule has 0 unspecified atom stereocenters. The van der Waals surface area contributed by atoms with Crippen LogP contribution in [0.3, 0.4) is 0 Å². The Morgan fingerprint density at radius 3 is 2.41 bits per heavy atom. The standard InChI is InChI=1S/C19H30N4O2.C2H6/c1-20-19-22(2)14-15-23(19)13-7-5-4-6-12-21-18(24)16-8-10-17(25-3)11-9-16;1-2/h8-11H,4-7,12-15H2,1-3H3,(H,21,24);1-2H3. The van der Waals surface area contributed by atoms with Crippen LogP contribution in [0.25, 0.3) is 0 Å². The summed E-state index contributed by atoms with van der Waals surface area (Å²) in [6.45, 7) is 7.92. The van der Waals surface area contributed by atoms with E-state index in [0.717, 1.165) is 50.7 Å². The minimum absolute atomic E-state index is 0.0217. The number of unbranched alkanes of at least 4 members (excludes halogenated alkanes) is 3. The monoisotopic (exact) mass is 376 g/mol. The van der Waals surface area contributed by atoms with Crippen LogP contribution in [0.1, 0.15) is 49.9 Å². The Balaban J connectivity index is 0.00000176. The first-order chi connectivity index (χ1) is 13.2. The molecule has 1 fully saturated rings. The second kappa shape index (κ2) is 13.0. The zero-order valence-electron chi connectivity index (χ0n) is 17.6. The average molecular weight is 377 g/mol. The maximum atomic E-state index is 12.0. The van der Waals surface area contributed by atoms with Crippen LogP contribution in [0, 0.1) is 0 Å². The van der Waals surface area contributed by atoms with Crippen molar-refractivity contribution in [3.63, 3.8) is 0 Å². The Hall–Kier alpha value is -2.24. The maximum absolute atomic E-state index is 12.0. The van der Waals surface area contributed by atoms with E-state index in [2.05, 4.69) is 27.2 Å². The van der Waals surface area contributed by atoms with Gasteiger partial charge in [0, 0.05) is 45.8 Å². The van der Waals surface area contributed by atoms with Crippen LogP contribution in [0.2, 0.25) is 0 Å².